The molecule has 3 aromatic rings. The summed E-state index contributed by atoms with van der Waals surface area (Å²) in [7, 11) is 1.80. The van der Waals surface area contributed by atoms with Crippen molar-refractivity contribution in [2.75, 3.05) is 31.1 Å². The summed E-state index contributed by atoms with van der Waals surface area (Å²) >= 11 is 1.74. The number of anilines is 1. The summed E-state index contributed by atoms with van der Waals surface area (Å²) in [5, 5.41) is 5.14. The third-order valence-electron chi connectivity index (χ3n) is 4.70. The van der Waals surface area contributed by atoms with Crippen molar-refractivity contribution >= 4 is 32.6 Å². The van der Waals surface area contributed by atoms with Crippen molar-refractivity contribution in [3.05, 3.63) is 41.2 Å². The second-order valence-electron chi connectivity index (χ2n) is 6.54. The van der Waals surface area contributed by atoms with Gasteiger partial charge in [0.25, 0.3) is 5.91 Å². The van der Waals surface area contributed by atoms with Crippen LogP contribution in [0.4, 0.5) is 5.13 Å². The van der Waals surface area contributed by atoms with E-state index in [0.717, 1.165) is 23.7 Å². The van der Waals surface area contributed by atoms with Crippen LogP contribution >= 0.6 is 11.3 Å². The van der Waals surface area contributed by atoms with Gasteiger partial charge in [0, 0.05) is 39.4 Å². The molecule has 4 rings (SSSR count). The Labute approximate surface area is 150 Å². The number of amides is 1. The van der Waals surface area contributed by atoms with E-state index in [2.05, 4.69) is 36.0 Å². The standard InChI is InChI=1S/C18H21N5OS/c1-12-10-13(2)16-15(11-12)25-18(20-16)23-8-6-22(7-9-23)17(24)14-4-5-19-21(14)3/h4-5,10-11H,6-9H2,1-3H3. The first-order valence-electron chi connectivity index (χ1n) is 8.43. The van der Waals surface area contributed by atoms with Crippen molar-refractivity contribution in [1.29, 1.82) is 0 Å². The number of fused-ring (bicyclic) bond motifs is 1. The van der Waals surface area contributed by atoms with Gasteiger partial charge in [0.05, 0.1) is 10.2 Å². The van der Waals surface area contributed by atoms with Crippen molar-refractivity contribution in [1.82, 2.24) is 19.7 Å². The van der Waals surface area contributed by atoms with E-state index < -0.39 is 0 Å². The molecule has 0 spiro atoms. The summed E-state index contributed by atoms with van der Waals surface area (Å²) in [6.07, 6.45) is 1.66. The molecule has 6 nitrogen and oxygen atoms in total. The molecular formula is C18H21N5OS. The fourth-order valence-corrected chi connectivity index (χ4v) is 4.53. The molecule has 1 fully saturated rings. The van der Waals surface area contributed by atoms with Gasteiger partial charge in [-0.15, -0.1) is 0 Å². The number of carbonyl (C=O) groups is 1. The van der Waals surface area contributed by atoms with Crippen LogP contribution < -0.4 is 4.90 Å². The molecule has 1 aliphatic rings. The molecule has 0 atom stereocenters. The van der Waals surface area contributed by atoms with Crippen LogP contribution in [0.3, 0.4) is 0 Å². The van der Waals surface area contributed by atoms with Crippen LogP contribution in [0.5, 0.6) is 0 Å². The molecular weight excluding hydrogens is 334 g/mol. The fourth-order valence-electron chi connectivity index (χ4n) is 3.34. The van der Waals surface area contributed by atoms with Crippen molar-refractivity contribution in [3.8, 4) is 0 Å². The van der Waals surface area contributed by atoms with E-state index in [1.54, 1.807) is 35.3 Å². The van der Waals surface area contributed by atoms with Crippen molar-refractivity contribution in [2.45, 2.75) is 13.8 Å². The summed E-state index contributed by atoms with van der Waals surface area (Å²) in [6.45, 7) is 7.26. The van der Waals surface area contributed by atoms with E-state index in [-0.39, 0.29) is 5.91 Å². The van der Waals surface area contributed by atoms with Gasteiger partial charge < -0.3 is 9.80 Å². The molecule has 130 valence electrons. The fraction of sp³-hybridized carbons (Fsp3) is 0.389. The molecule has 0 radical (unpaired) electrons. The molecule has 2 aromatic heterocycles. The van der Waals surface area contributed by atoms with Crippen LogP contribution in [0.25, 0.3) is 10.2 Å². The molecule has 1 saturated heterocycles. The Bertz CT molecular complexity index is 936. The lowest BCUT2D eigenvalue weighted by Crippen LogP contribution is -2.49. The molecule has 0 N–H and O–H groups in total. The van der Waals surface area contributed by atoms with E-state index >= 15 is 0 Å². The summed E-state index contributed by atoms with van der Waals surface area (Å²) in [4.78, 5) is 21.6. The third-order valence-corrected chi connectivity index (χ3v) is 5.76. The highest BCUT2D eigenvalue weighted by Gasteiger charge is 2.25. The highest BCUT2D eigenvalue weighted by molar-refractivity contribution is 7.22. The molecule has 0 unspecified atom stereocenters. The largest absolute Gasteiger partial charge is 0.345 e. The van der Waals surface area contributed by atoms with Crippen LogP contribution in [0.1, 0.15) is 21.6 Å². The van der Waals surface area contributed by atoms with Crippen LogP contribution in [0.15, 0.2) is 24.4 Å². The predicted octanol–water partition coefficient (Wildman–Crippen LogP) is 2.61. The molecule has 1 aliphatic heterocycles. The number of thiazole rings is 1. The third kappa shape index (κ3) is 2.89. The van der Waals surface area contributed by atoms with Gasteiger partial charge in [0.1, 0.15) is 5.69 Å². The zero-order valence-electron chi connectivity index (χ0n) is 14.7. The van der Waals surface area contributed by atoms with Gasteiger partial charge in [-0.05, 0) is 37.1 Å². The Morgan fingerprint density at radius 2 is 1.92 bits per heavy atom. The van der Waals surface area contributed by atoms with Crippen molar-refractivity contribution in [2.24, 2.45) is 7.05 Å². The van der Waals surface area contributed by atoms with Gasteiger partial charge in [-0.2, -0.15) is 5.10 Å². The number of benzene rings is 1. The van der Waals surface area contributed by atoms with Crippen molar-refractivity contribution in [3.63, 3.8) is 0 Å². The average molecular weight is 355 g/mol. The minimum atomic E-state index is 0.0513. The van der Waals surface area contributed by atoms with E-state index in [1.807, 2.05) is 4.90 Å². The van der Waals surface area contributed by atoms with Gasteiger partial charge in [-0.25, -0.2) is 4.98 Å². The highest BCUT2D eigenvalue weighted by atomic mass is 32.1. The summed E-state index contributed by atoms with van der Waals surface area (Å²) in [6, 6.07) is 6.15. The molecule has 7 heteroatoms. The summed E-state index contributed by atoms with van der Waals surface area (Å²) < 4.78 is 2.87. The van der Waals surface area contributed by atoms with Crippen molar-refractivity contribution < 1.29 is 4.79 Å². The maximum absolute atomic E-state index is 12.6. The summed E-state index contributed by atoms with van der Waals surface area (Å²) in [5.74, 6) is 0.0513. The molecule has 3 heterocycles. The topological polar surface area (TPSA) is 54.3 Å². The summed E-state index contributed by atoms with van der Waals surface area (Å²) in [5.41, 5.74) is 4.23. The molecule has 0 bridgehead atoms. The number of hydrogen-bond donors (Lipinski definition) is 0. The quantitative estimate of drug-likeness (QED) is 0.709. The first-order valence-corrected chi connectivity index (χ1v) is 9.24. The molecule has 1 amide bonds. The number of aromatic nitrogens is 3. The molecule has 0 aliphatic carbocycles. The molecule has 1 aromatic carbocycles. The first kappa shape index (κ1) is 16.1. The number of rotatable bonds is 2. The van der Waals surface area contributed by atoms with Crippen LogP contribution in [-0.4, -0.2) is 51.8 Å². The van der Waals surface area contributed by atoms with Crippen LogP contribution in [0.2, 0.25) is 0 Å². The minimum absolute atomic E-state index is 0.0513. The van der Waals surface area contributed by atoms with Crippen LogP contribution in [0, 0.1) is 13.8 Å². The Balaban J connectivity index is 1.49. The van der Waals surface area contributed by atoms with E-state index in [1.165, 1.54) is 15.8 Å². The lowest BCUT2D eigenvalue weighted by molar-refractivity contribution is 0.0735. The Kier molecular flexibility index (Phi) is 3.95. The van der Waals surface area contributed by atoms with Gasteiger partial charge in [-0.1, -0.05) is 17.4 Å². The zero-order valence-corrected chi connectivity index (χ0v) is 15.5. The average Bonchev–Trinajstić information content (AvgIpc) is 3.20. The normalized spacial score (nSPS) is 15.2. The first-order chi connectivity index (χ1) is 12.0. The Hall–Kier alpha value is -2.41. The number of carbonyl (C=O) groups excluding carboxylic acids is 1. The lowest BCUT2D eigenvalue weighted by Gasteiger charge is -2.34. The van der Waals surface area contributed by atoms with Gasteiger partial charge >= 0.3 is 0 Å². The number of piperazine rings is 1. The lowest BCUT2D eigenvalue weighted by atomic mass is 10.1. The van der Waals surface area contributed by atoms with Gasteiger partial charge in [0.2, 0.25) is 0 Å². The number of nitrogens with zero attached hydrogens (tertiary/aromatic N) is 5. The van der Waals surface area contributed by atoms with E-state index in [4.69, 9.17) is 4.98 Å². The van der Waals surface area contributed by atoms with Crippen LogP contribution in [-0.2, 0) is 7.05 Å². The predicted molar refractivity (Wildman–Crippen MR) is 100 cm³/mol. The number of hydrogen-bond acceptors (Lipinski definition) is 5. The highest BCUT2D eigenvalue weighted by Crippen LogP contribution is 2.32. The second-order valence-corrected chi connectivity index (χ2v) is 7.55. The Morgan fingerprint density at radius 1 is 1.16 bits per heavy atom. The minimum Gasteiger partial charge on any atom is -0.345 e. The van der Waals surface area contributed by atoms with Gasteiger partial charge in [-0.3, -0.25) is 9.48 Å². The maximum atomic E-state index is 12.6. The number of aryl methyl sites for hydroxylation is 3. The smallest absolute Gasteiger partial charge is 0.272 e. The monoisotopic (exact) mass is 355 g/mol. The van der Waals surface area contributed by atoms with E-state index in [0.29, 0.717) is 18.8 Å². The molecule has 0 saturated carbocycles. The SMILES string of the molecule is Cc1cc(C)c2nc(N3CCN(C(=O)c4ccnn4C)CC3)sc2c1. The molecule has 25 heavy (non-hydrogen) atoms. The van der Waals surface area contributed by atoms with Gasteiger partial charge in [0.15, 0.2) is 5.13 Å². The Morgan fingerprint density at radius 3 is 2.60 bits per heavy atom. The maximum Gasteiger partial charge on any atom is 0.272 e. The zero-order chi connectivity index (χ0) is 17.6. The second kappa shape index (κ2) is 6.15. The van der Waals surface area contributed by atoms with E-state index in [9.17, 15) is 4.79 Å².